The first kappa shape index (κ1) is 31.6. The third-order valence-electron chi connectivity index (χ3n) is 11.7. The average Bonchev–Trinajstić information content (AvgIpc) is 3.68. The second-order valence-corrected chi connectivity index (χ2v) is 18.9. The molecule has 0 unspecified atom stereocenters. The second-order valence-electron chi connectivity index (χ2n) is 18.9. The minimum atomic E-state index is -2.64. The van der Waals surface area contributed by atoms with Gasteiger partial charge in [-0.25, -0.2) is 4.98 Å². The monoisotopic (exact) mass is 826 g/mol. The molecule has 6 aromatic carbocycles. The predicted molar refractivity (Wildman–Crippen MR) is 263 cm³/mol. The molecule has 0 saturated carbocycles. The van der Waals surface area contributed by atoms with E-state index in [-0.39, 0.29) is 39.8 Å². The molecule has 2 aromatic heterocycles. The molecule has 4 heteroatoms. The summed E-state index contributed by atoms with van der Waals surface area (Å²) in [4.78, 5) is 10.1. The number of rotatable bonds is 8. The summed E-state index contributed by atoms with van der Waals surface area (Å²) in [6.45, 7) is 18.9. The summed E-state index contributed by atoms with van der Waals surface area (Å²) < 4.78 is 89.0. The molecular formula is C58H61N3O. The summed E-state index contributed by atoms with van der Waals surface area (Å²) in [6, 6.07) is 28.2. The SMILES string of the molecule is [2H]c1c([2H])c([2H])c(-c2ccnc(-c3cc(-c4cccc5c4nc(-c4cc(C(C)(C)C)cc(C)c4O)n5-c4ccc(-c5cc(C([2H])(C)C)cc(C([2H])(C)C)c5)cc4C([2H])([2H])[2H])cc(C(C)(C)C)c3)c2)c([2H])c1[2H]. The number of pyridine rings is 1. The molecule has 4 nitrogen and oxygen atoms in total. The molecule has 2 heterocycles. The van der Waals surface area contributed by atoms with E-state index in [0.717, 1.165) is 22.3 Å². The predicted octanol–water partition coefficient (Wildman–Crippen LogP) is 15.9. The Hall–Kier alpha value is -6.26. The zero-order valence-corrected chi connectivity index (χ0v) is 37.6. The zero-order chi connectivity index (χ0) is 52.9. The highest BCUT2D eigenvalue weighted by molar-refractivity contribution is 5.97. The van der Waals surface area contributed by atoms with E-state index in [1.807, 2.05) is 78.2 Å². The van der Waals surface area contributed by atoms with Crippen molar-refractivity contribution in [3.63, 3.8) is 0 Å². The van der Waals surface area contributed by atoms with Gasteiger partial charge in [0.25, 0.3) is 0 Å². The van der Waals surface area contributed by atoms with E-state index in [1.54, 1.807) is 58.2 Å². The number of phenolic OH excluding ortho intramolecular Hbond substituents is 1. The minimum absolute atomic E-state index is 0.00982. The Kier molecular flexibility index (Phi) is 8.26. The number of aryl methyl sites for hydroxylation is 2. The van der Waals surface area contributed by atoms with Gasteiger partial charge >= 0.3 is 0 Å². The summed E-state index contributed by atoms with van der Waals surface area (Å²) in [5.74, 6) is -1.64. The lowest BCUT2D eigenvalue weighted by atomic mass is 9.83. The van der Waals surface area contributed by atoms with Crippen molar-refractivity contribution in [2.24, 2.45) is 0 Å². The van der Waals surface area contributed by atoms with Gasteiger partial charge in [-0.1, -0.05) is 148 Å². The van der Waals surface area contributed by atoms with Crippen molar-refractivity contribution in [3.8, 4) is 67.5 Å². The number of nitrogens with zero attached hydrogens (tertiary/aromatic N) is 3. The van der Waals surface area contributed by atoms with E-state index in [0.29, 0.717) is 72.7 Å². The zero-order valence-electron chi connectivity index (χ0n) is 47.6. The largest absolute Gasteiger partial charge is 0.507 e. The molecule has 62 heavy (non-hydrogen) atoms. The van der Waals surface area contributed by atoms with E-state index >= 15 is 0 Å². The van der Waals surface area contributed by atoms with E-state index in [2.05, 4.69) is 47.6 Å². The van der Waals surface area contributed by atoms with Gasteiger partial charge in [0, 0.05) is 24.2 Å². The molecule has 8 aromatic rings. The normalized spacial score (nSPS) is 15.1. The van der Waals surface area contributed by atoms with Crippen LogP contribution in [0.5, 0.6) is 5.75 Å². The van der Waals surface area contributed by atoms with Crippen molar-refractivity contribution in [1.29, 1.82) is 0 Å². The first-order chi connectivity index (χ1) is 33.2. The van der Waals surface area contributed by atoms with Crippen LogP contribution in [-0.2, 0) is 10.8 Å². The molecule has 0 aliphatic heterocycles. The lowest BCUT2D eigenvalue weighted by molar-refractivity contribution is 0.471. The second kappa shape index (κ2) is 16.2. The van der Waals surface area contributed by atoms with Crippen molar-refractivity contribution in [2.45, 2.75) is 106 Å². The molecule has 0 saturated heterocycles. The van der Waals surface area contributed by atoms with Crippen molar-refractivity contribution in [1.82, 2.24) is 14.5 Å². The molecule has 1 N–H and O–H groups in total. The quantitative estimate of drug-likeness (QED) is 0.166. The first-order valence-corrected chi connectivity index (χ1v) is 21.1. The van der Waals surface area contributed by atoms with E-state index in [4.69, 9.17) is 23.7 Å². The molecule has 0 radical (unpaired) electrons. The maximum atomic E-state index is 12.0. The molecule has 0 bridgehead atoms. The number of para-hydroxylation sites is 1. The summed E-state index contributed by atoms with van der Waals surface area (Å²) in [7, 11) is 0. The van der Waals surface area contributed by atoms with Crippen LogP contribution >= 0.6 is 0 Å². The van der Waals surface area contributed by atoms with Gasteiger partial charge in [-0.05, 0) is 146 Å². The van der Waals surface area contributed by atoms with Crippen molar-refractivity contribution < 1.29 is 18.8 Å². The minimum Gasteiger partial charge on any atom is -0.507 e. The Morgan fingerprint density at radius 1 is 0.629 bits per heavy atom. The summed E-state index contributed by atoms with van der Waals surface area (Å²) in [5, 5.41) is 12.0. The lowest BCUT2D eigenvalue weighted by Gasteiger charge is -2.22. The van der Waals surface area contributed by atoms with E-state index in [9.17, 15) is 5.11 Å². The van der Waals surface area contributed by atoms with Crippen LogP contribution < -0.4 is 0 Å². The van der Waals surface area contributed by atoms with Gasteiger partial charge in [0.15, 0.2) is 0 Å². The number of aromatic nitrogens is 3. The maximum absolute atomic E-state index is 12.0. The fourth-order valence-corrected chi connectivity index (χ4v) is 7.92. The van der Waals surface area contributed by atoms with Crippen LogP contribution in [0, 0.1) is 13.8 Å². The number of fused-ring (bicyclic) bond motifs is 1. The number of benzene rings is 6. The Labute approximate surface area is 383 Å². The number of imidazole rings is 1. The highest BCUT2D eigenvalue weighted by Gasteiger charge is 2.26. The third-order valence-corrected chi connectivity index (χ3v) is 11.7. The van der Waals surface area contributed by atoms with Gasteiger partial charge in [0.1, 0.15) is 11.6 Å². The average molecular weight is 826 g/mol. The molecule has 0 amide bonds. The first-order valence-electron chi connectivity index (χ1n) is 26.1. The Morgan fingerprint density at radius 3 is 1.95 bits per heavy atom. The maximum Gasteiger partial charge on any atom is 0.149 e. The standard InChI is InChI=1S/C58H61N3O/c1-35(2)42-27-43(36(3)4)29-44(28-42)40-21-22-52(37(5)25-40)61-53-20-16-19-49(54(53)60-56(61)50-34-47(57(7,8)9)26-38(6)55(50)62)45-30-46(32-48(31-45)58(10,11)12)51-33-41(23-24-59-51)39-17-14-13-15-18-39/h13-36,62H,1-12H3/i5D3,13D,14D,15D,17D,18D,35D,36D. The highest BCUT2D eigenvalue weighted by atomic mass is 16.3. The van der Waals surface area contributed by atoms with E-state index in [1.165, 1.54) is 0 Å². The number of hydrogen-bond donors (Lipinski definition) is 1. The molecule has 0 spiro atoms. The molecule has 0 atom stereocenters. The van der Waals surface area contributed by atoms with Crippen molar-refractivity contribution in [3.05, 3.63) is 167 Å². The van der Waals surface area contributed by atoms with Crippen LogP contribution in [0.15, 0.2) is 133 Å². The topological polar surface area (TPSA) is 50.9 Å². The lowest BCUT2D eigenvalue weighted by Crippen LogP contribution is -2.12. The molecular weight excluding hydrogens is 755 g/mol. The molecule has 0 fully saturated rings. The summed E-state index contributed by atoms with van der Waals surface area (Å²) in [5.41, 5.74) is 9.68. The third kappa shape index (κ3) is 8.23. The van der Waals surface area contributed by atoms with Crippen LogP contribution in [0.4, 0.5) is 0 Å². The highest BCUT2D eigenvalue weighted by Crippen LogP contribution is 2.43. The number of aromatic hydroxyl groups is 1. The van der Waals surface area contributed by atoms with Crippen LogP contribution in [-0.4, -0.2) is 19.6 Å². The summed E-state index contributed by atoms with van der Waals surface area (Å²) in [6.07, 6.45) is 1.57. The number of phenols is 1. The van der Waals surface area contributed by atoms with Gasteiger partial charge in [-0.2, -0.15) is 0 Å². The van der Waals surface area contributed by atoms with Crippen LogP contribution in [0.2, 0.25) is 0 Å². The van der Waals surface area contributed by atoms with Crippen LogP contribution in [0.1, 0.15) is 128 Å². The molecule has 8 rings (SSSR count). The molecule has 0 aliphatic rings. The van der Waals surface area contributed by atoms with Gasteiger partial charge in [0.2, 0.25) is 0 Å². The smallest absolute Gasteiger partial charge is 0.149 e. The molecule has 314 valence electrons. The Balaban J connectivity index is 1.42. The van der Waals surface area contributed by atoms with Crippen molar-refractivity contribution in [2.75, 3.05) is 0 Å². The van der Waals surface area contributed by atoms with Gasteiger partial charge in [0.05, 0.1) is 34.8 Å². The summed E-state index contributed by atoms with van der Waals surface area (Å²) >= 11 is 0. The molecule has 0 aliphatic carbocycles. The van der Waals surface area contributed by atoms with Crippen LogP contribution in [0.3, 0.4) is 0 Å². The van der Waals surface area contributed by atoms with Gasteiger partial charge in [-0.15, -0.1) is 0 Å². The Morgan fingerprint density at radius 2 is 1.29 bits per heavy atom. The van der Waals surface area contributed by atoms with E-state index < -0.39 is 36.8 Å². The number of hydrogen-bond acceptors (Lipinski definition) is 3. The Bertz CT molecular complexity index is 3410. The van der Waals surface area contributed by atoms with Gasteiger partial charge in [-0.3, -0.25) is 9.55 Å². The fraction of sp³-hybridized carbons (Fsp3) is 0.276. The van der Waals surface area contributed by atoms with Crippen LogP contribution in [0.25, 0.3) is 72.7 Å². The fourth-order valence-electron chi connectivity index (χ4n) is 7.92. The van der Waals surface area contributed by atoms with Gasteiger partial charge < -0.3 is 5.11 Å². The van der Waals surface area contributed by atoms with Crippen molar-refractivity contribution >= 4 is 11.0 Å².